The summed E-state index contributed by atoms with van der Waals surface area (Å²) in [5.41, 5.74) is 0. The Morgan fingerprint density at radius 2 is 2.25 bits per heavy atom. The Bertz CT molecular complexity index is 103. The van der Waals surface area contributed by atoms with Gasteiger partial charge in [0.15, 0.2) is 6.17 Å². The van der Waals surface area contributed by atoms with E-state index in [-0.39, 0.29) is 0 Å². The van der Waals surface area contributed by atoms with Gasteiger partial charge in [0.2, 0.25) is 0 Å². The van der Waals surface area contributed by atoms with Crippen molar-refractivity contribution in [2.45, 2.75) is 19.0 Å². The van der Waals surface area contributed by atoms with E-state index >= 15 is 0 Å². The molecule has 0 bridgehead atoms. The van der Waals surface area contributed by atoms with Crippen LogP contribution in [0.1, 0.15) is 6.42 Å². The molecule has 1 rings (SSSR count). The molecule has 0 radical (unpaired) electrons. The summed E-state index contributed by atoms with van der Waals surface area (Å²) in [5, 5.41) is 0. The molecule has 4 heteroatoms. The van der Waals surface area contributed by atoms with E-state index < -0.39 is 24.9 Å². The van der Waals surface area contributed by atoms with Crippen molar-refractivity contribution >= 4 is 5.97 Å². The van der Waals surface area contributed by atoms with Crippen molar-refractivity contribution < 1.29 is 18.3 Å². The van der Waals surface area contributed by atoms with Crippen LogP contribution in [0, 0.1) is 0 Å². The van der Waals surface area contributed by atoms with Gasteiger partial charge in [0.05, 0.1) is 6.42 Å². The molecule has 0 saturated carbocycles. The predicted octanol–water partition coefficient (Wildman–Crippen LogP) is 0.567. The lowest BCUT2D eigenvalue weighted by atomic mass is 10.3. The minimum absolute atomic E-state index is 0.443. The largest absolute Gasteiger partial charge is 0.428 e. The molecule has 46 valence electrons. The Morgan fingerprint density at radius 3 is 2.38 bits per heavy atom. The van der Waals surface area contributed by atoms with Crippen LogP contribution in [-0.2, 0) is 9.53 Å². The van der Waals surface area contributed by atoms with Crippen molar-refractivity contribution in [3.05, 3.63) is 0 Å². The van der Waals surface area contributed by atoms with E-state index in [1.165, 1.54) is 0 Å². The van der Waals surface area contributed by atoms with Gasteiger partial charge < -0.3 is 4.74 Å². The van der Waals surface area contributed by atoms with Crippen molar-refractivity contribution in [3.8, 4) is 0 Å². The topological polar surface area (TPSA) is 26.3 Å². The molecule has 0 N–H and O–H groups in total. The molecule has 2 atom stereocenters. The number of carbonyl (C=O) groups excluding carboxylic acids is 1. The third kappa shape index (κ3) is 0.778. The molecule has 0 aromatic carbocycles. The van der Waals surface area contributed by atoms with Crippen LogP contribution in [-0.4, -0.2) is 18.5 Å². The number of esters is 1. The molecule has 2 nitrogen and oxygen atoms in total. The maximum atomic E-state index is 11.8. The van der Waals surface area contributed by atoms with E-state index in [1.54, 1.807) is 0 Å². The molecule has 1 aliphatic heterocycles. The summed E-state index contributed by atoms with van der Waals surface area (Å²) in [4.78, 5) is 9.96. The molecule has 0 spiro atoms. The molecule has 1 fully saturated rings. The zero-order chi connectivity index (χ0) is 6.15. The molecular weight excluding hydrogens is 118 g/mol. The van der Waals surface area contributed by atoms with Crippen LogP contribution in [0.4, 0.5) is 8.78 Å². The highest BCUT2D eigenvalue weighted by atomic mass is 19.2. The molecule has 0 aromatic rings. The first-order chi connectivity index (χ1) is 3.70. The van der Waals surface area contributed by atoms with Gasteiger partial charge in [0, 0.05) is 0 Å². The fraction of sp³-hybridized carbons (Fsp3) is 0.750. The summed E-state index contributed by atoms with van der Waals surface area (Å²) in [7, 11) is 0. The molecule has 0 aromatic heterocycles. The van der Waals surface area contributed by atoms with Crippen LogP contribution in [0.3, 0.4) is 0 Å². The van der Waals surface area contributed by atoms with Crippen molar-refractivity contribution in [2.75, 3.05) is 0 Å². The molecule has 1 aliphatic rings. The Labute approximate surface area is 44.4 Å². The van der Waals surface area contributed by atoms with Gasteiger partial charge in [0.25, 0.3) is 6.36 Å². The van der Waals surface area contributed by atoms with E-state index in [4.69, 9.17) is 0 Å². The highest BCUT2D eigenvalue weighted by Gasteiger charge is 2.34. The minimum atomic E-state index is -2.03. The maximum Gasteiger partial charge on any atom is 0.311 e. The monoisotopic (exact) mass is 122 g/mol. The molecule has 2 unspecified atom stereocenters. The van der Waals surface area contributed by atoms with E-state index in [2.05, 4.69) is 4.74 Å². The number of ether oxygens (including phenoxy) is 1. The van der Waals surface area contributed by atoms with Gasteiger partial charge in [-0.2, -0.15) is 4.39 Å². The lowest BCUT2D eigenvalue weighted by molar-refractivity contribution is -0.147. The normalized spacial score (nSPS) is 37.5. The number of carbonyl (C=O) groups is 1. The van der Waals surface area contributed by atoms with Crippen molar-refractivity contribution in [1.82, 2.24) is 0 Å². The van der Waals surface area contributed by atoms with Gasteiger partial charge in [-0.05, 0) is 0 Å². The maximum absolute atomic E-state index is 11.8. The Hall–Kier alpha value is -0.670. The van der Waals surface area contributed by atoms with E-state index in [0.717, 1.165) is 0 Å². The van der Waals surface area contributed by atoms with Crippen LogP contribution < -0.4 is 0 Å². The van der Waals surface area contributed by atoms with Gasteiger partial charge in [-0.3, -0.25) is 4.79 Å². The summed E-state index contributed by atoms with van der Waals surface area (Å²) in [5.74, 6) is -0.801. The van der Waals surface area contributed by atoms with Crippen LogP contribution in [0.5, 0.6) is 0 Å². The van der Waals surface area contributed by atoms with E-state index in [0.29, 0.717) is 0 Å². The van der Waals surface area contributed by atoms with Crippen LogP contribution in [0.2, 0.25) is 0 Å². The zero-order valence-electron chi connectivity index (χ0n) is 3.93. The molecule has 0 aliphatic carbocycles. The van der Waals surface area contributed by atoms with Crippen LogP contribution >= 0.6 is 0 Å². The van der Waals surface area contributed by atoms with Gasteiger partial charge in [0.1, 0.15) is 0 Å². The highest BCUT2D eigenvalue weighted by Crippen LogP contribution is 2.18. The van der Waals surface area contributed by atoms with Crippen LogP contribution in [0.15, 0.2) is 0 Å². The smallest absolute Gasteiger partial charge is 0.311 e. The lowest BCUT2D eigenvalue weighted by Gasteiger charge is -1.95. The van der Waals surface area contributed by atoms with Gasteiger partial charge >= 0.3 is 5.97 Å². The van der Waals surface area contributed by atoms with E-state index in [1.807, 2.05) is 0 Å². The quantitative estimate of drug-likeness (QED) is 0.439. The summed E-state index contributed by atoms with van der Waals surface area (Å²) in [6.45, 7) is 0. The van der Waals surface area contributed by atoms with Gasteiger partial charge in [-0.25, -0.2) is 4.39 Å². The zero-order valence-corrected chi connectivity index (χ0v) is 3.93. The second-order valence-electron chi connectivity index (χ2n) is 1.56. The lowest BCUT2D eigenvalue weighted by Crippen LogP contribution is -2.08. The highest BCUT2D eigenvalue weighted by molar-refractivity contribution is 5.72. The average molecular weight is 122 g/mol. The fourth-order valence-corrected chi connectivity index (χ4v) is 0.499. The number of rotatable bonds is 0. The second-order valence-corrected chi connectivity index (χ2v) is 1.56. The summed E-state index contributed by atoms with van der Waals surface area (Å²) in [6.07, 6.45) is -4.22. The van der Waals surface area contributed by atoms with Crippen molar-refractivity contribution in [1.29, 1.82) is 0 Å². The number of halogens is 2. The SMILES string of the molecule is O=C1CC(F)C(F)O1. The van der Waals surface area contributed by atoms with Crippen molar-refractivity contribution in [2.24, 2.45) is 0 Å². The van der Waals surface area contributed by atoms with Crippen LogP contribution in [0.25, 0.3) is 0 Å². The second kappa shape index (κ2) is 1.69. The number of cyclic esters (lactones) is 1. The number of hydrogen-bond donors (Lipinski definition) is 0. The van der Waals surface area contributed by atoms with E-state index in [9.17, 15) is 13.6 Å². The molecule has 0 amide bonds. The first kappa shape index (κ1) is 5.47. The summed E-state index contributed by atoms with van der Waals surface area (Å²) >= 11 is 0. The third-order valence-electron chi connectivity index (χ3n) is 0.890. The summed E-state index contributed by atoms with van der Waals surface area (Å²) < 4.78 is 27.4. The molecule has 1 heterocycles. The average Bonchev–Trinajstić information content (AvgIpc) is 1.85. The molecular formula is C4H4F2O2. The number of alkyl halides is 2. The minimum Gasteiger partial charge on any atom is -0.428 e. The summed E-state index contributed by atoms with van der Waals surface area (Å²) in [6, 6.07) is 0. The predicted molar refractivity (Wildman–Crippen MR) is 20.5 cm³/mol. The third-order valence-corrected chi connectivity index (χ3v) is 0.890. The van der Waals surface area contributed by atoms with Gasteiger partial charge in [-0.1, -0.05) is 0 Å². The van der Waals surface area contributed by atoms with Gasteiger partial charge in [-0.15, -0.1) is 0 Å². The first-order valence-electron chi connectivity index (χ1n) is 2.18. The molecule has 1 saturated heterocycles. The van der Waals surface area contributed by atoms with Crippen molar-refractivity contribution in [3.63, 3.8) is 0 Å². The Morgan fingerprint density at radius 1 is 1.62 bits per heavy atom. The Kier molecular flexibility index (Phi) is 1.15. The number of hydrogen-bond acceptors (Lipinski definition) is 2. The standard InChI is InChI=1S/C4H4F2O2/c5-2-1-3(7)8-4(2)6/h2,4H,1H2. The Balaban J connectivity index is 2.51. The molecule has 8 heavy (non-hydrogen) atoms. The first-order valence-corrected chi connectivity index (χ1v) is 2.18. The fourth-order valence-electron chi connectivity index (χ4n) is 0.499.